The lowest BCUT2D eigenvalue weighted by Gasteiger charge is -2.06. The highest BCUT2D eigenvalue weighted by atomic mass is 16.1. The number of rotatable bonds is 2. The number of carbonyl (C=O) groups excluding carboxylic acids is 1. The van der Waals surface area contributed by atoms with Crippen molar-refractivity contribution >= 4 is 16.8 Å². The van der Waals surface area contributed by atoms with Crippen LogP contribution in [0.2, 0.25) is 0 Å². The zero-order valence-electron chi connectivity index (χ0n) is 10.5. The number of primary amides is 1. The molecule has 0 saturated heterocycles. The summed E-state index contributed by atoms with van der Waals surface area (Å²) >= 11 is 0. The molecule has 2 aromatic heterocycles. The van der Waals surface area contributed by atoms with Crippen molar-refractivity contribution in [2.24, 2.45) is 12.8 Å². The molecule has 4 heteroatoms. The first-order valence-electron chi connectivity index (χ1n) is 5.97. The molecule has 0 bridgehead atoms. The van der Waals surface area contributed by atoms with Gasteiger partial charge < -0.3 is 10.3 Å². The lowest BCUT2D eigenvalue weighted by molar-refractivity contribution is 0.0996. The summed E-state index contributed by atoms with van der Waals surface area (Å²) in [4.78, 5) is 15.7. The lowest BCUT2D eigenvalue weighted by atomic mass is 10.0. The van der Waals surface area contributed by atoms with E-state index in [1.54, 1.807) is 6.07 Å². The van der Waals surface area contributed by atoms with Gasteiger partial charge in [0.05, 0.1) is 5.52 Å². The number of carbonyl (C=O) groups is 1. The van der Waals surface area contributed by atoms with Crippen LogP contribution in [0.15, 0.2) is 48.8 Å². The fourth-order valence-electron chi connectivity index (χ4n) is 2.20. The minimum atomic E-state index is -0.511. The molecule has 0 atom stereocenters. The summed E-state index contributed by atoms with van der Waals surface area (Å²) in [7, 11) is 1.96. The molecule has 2 heterocycles. The van der Waals surface area contributed by atoms with E-state index in [2.05, 4.69) is 4.98 Å². The number of aromatic nitrogens is 2. The maximum absolute atomic E-state index is 11.4. The van der Waals surface area contributed by atoms with Gasteiger partial charge in [-0.1, -0.05) is 18.2 Å². The fraction of sp³-hybridized carbons (Fsp3) is 0.0667. The Labute approximate surface area is 110 Å². The van der Waals surface area contributed by atoms with Gasteiger partial charge in [-0.3, -0.25) is 4.79 Å². The molecule has 0 aliphatic carbocycles. The predicted molar refractivity (Wildman–Crippen MR) is 74.7 cm³/mol. The molecule has 3 aromatic rings. The number of fused-ring (bicyclic) bond motifs is 1. The quantitative estimate of drug-likeness (QED) is 0.760. The van der Waals surface area contributed by atoms with Crippen LogP contribution >= 0.6 is 0 Å². The molecule has 0 radical (unpaired) electrons. The highest BCUT2D eigenvalue weighted by Crippen LogP contribution is 2.28. The lowest BCUT2D eigenvalue weighted by Crippen LogP contribution is -2.13. The van der Waals surface area contributed by atoms with Gasteiger partial charge in [-0.05, 0) is 23.8 Å². The predicted octanol–water partition coefficient (Wildman–Crippen LogP) is 2.34. The van der Waals surface area contributed by atoms with Gasteiger partial charge in [0.2, 0.25) is 0 Å². The Balaban J connectivity index is 2.35. The molecule has 2 N–H and O–H groups in total. The van der Waals surface area contributed by atoms with Gasteiger partial charge >= 0.3 is 0 Å². The first-order valence-corrected chi connectivity index (χ1v) is 5.97. The van der Waals surface area contributed by atoms with Crippen LogP contribution in [0.25, 0.3) is 22.0 Å². The summed E-state index contributed by atoms with van der Waals surface area (Å²) in [6, 6.07) is 11.5. The van der Waals surface area contributed by atoms with Crippen molar-refractivity contribution in [3.05, 3.63) is 54.5 Å². The van der Waals surface area contributed by atoms with Crippen molar-refractivity contribution in [1.82, 2.24) is 9.55 Å². The number of hydrogen-bond acceptors (Lipinski definition) is 2. The van der Waals surface area contributed by atoms with Gasteiger partial charge in [0.1, 0.15) is 5.69 Å². The maximum atomic E-state index is 11.4. The number of nitrogens with two attached hydrogens (primary N) is 1. The number of hydrogen-bond donors (Lipinski definition) is 1. The number of para-hydroxylation sites is 1. The Kier molecular flexibility index (Phi) is 2.56. The van der Waals surface area contributed by atoms with E-state index in [4.69, 9.17) is 5.73 Å². The third kappa shape index (κ3) is 1.97. The highest BCUT2D eigenvalue weighted by molar-refractivity contribution is 6.00. The molecule has 0 fully saturated rings. The van der Waals surface area contributed by atoms with Gasteiger partial charge in [0, 0.05) is 30.4 Å². The van der Waals surface area contributed by atoms with Gasteiger partial charge in [0.15, 0.2) is 0 Å². The standard InChI is InChI=1S/C15H13N3O/c1-18-7-6-10(9-18)12-8-14(15(16)19)17-13-5-3-2-4-11(12)13/h2-9H,1H3,(H2,16,19). The molecule has 94 valence electrons. The van der Waals surface area contributed by atoms with Crippen LogP contribution in [0, 0.1) is 0 Å². The van der Waals surface area contributed by atoms with Crippen molar-refractivity contribution in [1.29, 1.82) is 0 Å². The van der Waals surface area contributed by atoms with Crippen LogP contribution in [0.3, 0.4) is 0 Å². The molecule has 0 saturated carbocycles. The molecular weight excluding hydrogens is 238 g/mol. The summed E-state index contributed by atoms with van der Waals surface area (Å²) in [5.74, 6) is -0.511. The zero-order valence-corrected chi connectivity index (χ0v) is 10.5. The molecule has 4 nitrogen and oxygen atoms in total. The van der Waals surface area contributed by atoms with E-state index in [0.29, 0.717) is 0 Å². The second kappa shape index (κ2) is 4.24. The second-order valence-electron chi connectivity index (χ2n) is 4.50. The van der Waals surface area contributed by atoms with Gasteiger partial charge in [-0.25, -0.2) is 4.98 Å². The van der Waals surface area contributed by atoms with E-state index < -0.39 is 5.91 Å². The SMILES string of the molecule is Cn1ccc(-c2cc(C(N)=O)nc3ccccc23)c1. The molecule has 1 amide bonds. The summed E-state index contributed by atoms with van der Waals surface area (Å²) < 4.78 is 1.97. The van der Waals surface area contributed by atoms with E-state index in [9.17, 15) is 4.79 Å². The number of aryl methyl sites for hydroxylation is 1. The van der Waals surface area contributed by atoms with Crippen molar-refractivity contribution < 1.29 is 4.79 Å². The molecule has 3 rings (SSSR count). The van der Waals surface area contributed by atoms with E-state index in [1.165, 1.54) is 0 Å². The smallest absolute Gasteiger partial charge is 0.267 e. The van der Waals surface area contributed by atoms with Crippen molar-refractivity contribution in [2.75, 3.05) is 0 Å². The number of benzene rings is 1. The minimum Gasteiger partial charge on any atom is -0.364 e. The molecule has 0 aliphatic rings. The summed E-state index contributed by atoms with van der Waals surface area (Å²) in [5.41, 5.74) is 8.43. The molecule has 0 spiro atoms. The Morgan fingerprint density at radius 2 is 2.05 bits per heavy atom. The van der Waals surface area contributed by atoms with Crippen molar-refractivity contribution in [3.63, 3.8) is 0 Å². The first kappa shape index (κ1) is 11.5. The third-order valence-electron chi connectivity index (χ3n) is 3.11. The molecule has 0 unspecified atom stereocenters. The fourth-order valence-corrected chi connectivity index (χ4v) is 2.20. The monoisotopic (exact) mass is 251 g/mol. The van der Waals surface area contributed by atoms with Crippen LogP contribution in [0.4, 0.5) is 0 Å². The third-order valence-corrected chi connectivity index (χ3v) is 3.11. The van der Waals surface area contributed by atoms with Crippen molar-refractivity contribution in [3.8, 4) is 11.1 Å². The highest BCUT2D eigenvalue weighted by Gasteiger charge is 2.11. The first-order chi connectivity index (χ1) is 9.15. The topological polar surface area (TPSA) is 60.9 Å². The van der Waals surface area contributed by atoms with E-state index >= 15 is 0 Å². The van der Waals surface area contributed by atoms with E-state index in [-0.39, 0.29) is 5.69 Å². The zero-order chi connectivity index (χ0) is 13.4. The average molecular weight is 251 g/mol. The van der Waals surface area contributed by atoms with E-state index in [0.717, 1.165) is 22.0 Å². The van der Waals surface area contributed by atoms with Gasteiger partial charge in [0.25, 0.3) is 5.91 Å². The van der Waals surface area contributed by atoms with Crippen LogP contribution in [-0.2, 0) is 7.05 Å². The maximum Gasteiger partial charge on any atom is 0.267 e. The Hall–Kier alpha value is -2.62. The van der Waals surface area contributed by atoms with Crippen LogP contribution in [0.5, 0.6) is 0 Å². The normalized spacial score (nSPS) is 10.8. The molecular formula is C15H13N3O. The largest absolute Gasteiger partial charge is 0.364 e. The minimum absolute atomic E-state index is 0.289. The van der Waals surface area contributed by atoms with Gasteiger partial charge in [-0.2, -0.15) is 0 Å². The van der Waals surface area contributed by atoms with Crippen LogP contribution < -0.4 is 5.73 Å². The number of amides is 1. The Bertz CT molecular complexity index is 774. The van der Waals surface area contributed by atoms with E-state index in [1.807, 2.05) is 54.3 Å². The second-order valence-corrected chi connectivity index (χ2v) is 4.50. The molecule has 0 aliphatic heterocycles. The molecule has 1 aromatic carbocycles. The summed E-state index contributed by atoms with van der Waals surface area (Å²) in [6.45, 7) is 0. The van der Waals surface area contributed by atoms with Crippen LogP contribution in [0.1, 0.15) is 10.5 Å². The summed E-state index contributed by atoms with van der Waals surface area (Å²) in [5, 5.41) is 1.01. The Morgan fingerprint density at radius 1 is 1.26 bits per heavy atom. The van der Waals surface area contributed by atoms with Crippen LogP contribution in [-0.4, -0.2) is 15.5 Å². The molecule has 19 heavy (non-hydrogen) atoms. The van der Waals surface area contributed by atoms with Gasteiger partial charge in [-0.15, -0.1) is 0 Å². The average Bonchev–Trinajstić information content (AvgIpc) is 2.84. The summed E-state index contributed by atoms with van der Waals surface area (Å²) in [6.07, 6.45) is 3.97. The number of pyridine rings is 1. The Morgan fingerprint density at radius 3 is 2.74 bits per heavy atom. The number of nitrogens with zero attached hydrogens (tertiary/aromatic N) is 2. The van der Waals surface area contributed by atoms with Crippen molar-refractivity contribution in [2.45, 2.75) is 0 Å².